The zero-order chi connectivity index (χ0) is 26.0. The Morgan fingerprint density at radius 3 is 2.33 bits per heavy atom. The second-order valence-corrected chi connectivity index (χ2v) is 12.6. The number of hydrogen-bond acceptors (Lipinski definition) is 6. The number of benzene rings is 2. The summed E-state index contributed by atoms with van der Waals surface area (Å²) in [7, 11) is -0.324. The first-order valence-electron chi connectivity index (χ1n) is 11.6. The first kappa shape index (κ1) is 27.2. The maximum atomic E-state index is 14.5. The van der Waals surface area contributed by atoms with Crippen LogP contribution in [-0.4, -0.2) is 45.6 Å². The second kappa shape index (κ2) is 11.2. The predicted molar refractivity (Wildman–Crippen MR) is 145 cm³/mol. The molecular formula is C24H27Br2F2N5O2S. The lowest BCUT2D eigenvalue weighted by molar-refractivity contribution is 0.284. The highest BCUT2D eigenvalue weighted by Gasteiger charge is 2.29. The van der Waals surface area contributed by atoms with Gasteiger partial charge < -0.3 is 10.2 Å². The van der Waals surface area contributed by atoms with Gasteiger partial charge in [0.2, 0.25) is 16.0 Å². The molecule has 0 atom stereocenters. The molecule has 2 aromatic carbocycles. The molecule has 0 bridgehead atoms. The molecule has 12 heteroatoms. The number of hydrogen-bond donors (Lipinski definition) is 2. The van der Waals surface area contributed by atoms with Gasteiger partial charge in [0.25, 0.3) is 0 Å². The molecular weight excluding hydrogens is 620 g/mol. The van der Waals surface area contributed by atoms with Gasteiger partial charge in [-0.25, -0.2) is 26.9 Å². The third kappa shape index (κ3) is 5.98. The van der Waals surface area contributed by atoms with E-state index in [1.807, 2.05) is 43.3 Å². The minimum atomic E-state index is -4.23. The largest absolute Gasteiger partial charge is 0.362 e. The van der Waals surface area contributed by atoms with Gasteiger partial charge in [-0.15, -0.1) is 0 Å². The van der Waals surface area contributed by atoms with Crippen LogP contribution in [0.1, 0.15) is 25.7 Å². The molecule has 2 N–H and O–H groups in total. The minimum absolute atomic E-state index is 0.118. The molecule has 4 rings (SSSR count). The smallest absolute Gasteiger partial charge is 0.244 e. The highest BCUT2D eigenvalue weighted by Crippen LogP contribution is 2.34. The highest BCUT2D eigenvalue weighted by atomic mass is 79.9. The summed E-state index contributed by atoms with van der Waals surface area (Å²) in [5.41, 5.74) is 0.878. The van der Waals surface area contributed by atoms with E-state index < -0.39 is 31.0 Å². The summed E-state index contributed by atoms with van der Waals surface area (Å²) in [6, 6.07) is 8.78. The Bertz CT molecular complexity index is 1340. The Balaban J connectivity index is 1.32. The van der Waals surface area contributed by atoms with Gasteiger partial charge in [-0.3, -0.25) is 0 Å². The van der Waals surface area contributed by atoms with Crippen molar-refractivity contribution in [3.63, 3.8) is 0 Å². The maximum absolute atomic E-state index is 14.5. The van der Waals surface area contributed by atoms with Gasteiger partial charge in [0, 0.05) is 32.6 Å². The summed E-state index contributed by atoms with van der Waals surface area (Å²) in [5, 5.41) is 4.36. The molecule has 7 nitrogen and oxygen atoms in total. The number of fused-ring (bicyclic) bond motifs is 1. The number of para-hydroxylation sites is 1. The van der Waals surface area contributed by atoms with E-state index in [0.29, 0.717) is 11.9 Å². The fourth-order valence-electron chi connectivity index (χ4n) is 4.44. The van der Waals surface area contributed by atoms with Crippen LogP contribution in [0.2, 0.25) is 0 Å². The van der Waals surface area contributed by atoms with Gasteiger partial charge in [-0.05, 0) is 87.6 Å². The van der Waals surface area contributed by atoms with Gasteiger partial charge in [-0.2, -0.15) is 4.98 Å². The summed E-state index contributed by atoms with van der Waals surface area (Å²) < 4.78 is 55.7. The van der Waals surface area contributed by atoms with Crippen molar-refractivity contribution in [2.45, 2.75) is 30.6 Å². The van der Waals surface area contributed by atoms with E-state index in [1.165, 1.54) is 0 Å². The molecule has 1 heterocycles. The molecule has 1 aliphatic rings. The van der Waals surface area contributed by atoms with Crippen molar-refractivity contribution in [1.29, 1.82) is 0 Å². The van der Waals surface area contributed by atoms with E-state index in [2.05, 4.69) is 51.9 Å². The molecule has 1 aromatic heterocycles. The lowest BCUT2D eigenvalue weighted by Gasteiger charge is -2.29. The van der Waals surface area contributed by atoms with Crippen LogP contribution in [0.15, 0.2) is 44.2 Å². The van der Waals surface area contributed by atoms with E-state index in [-0.39, 0.29) is 16.9 Å². The third-order valence-electron chi connectivity index (χ3n) is 6.42. The predicted octanol–water partition coefficient (Wildman–Crippen LogP) is 5.70. The number of rotatable bonds is 8. The van der Waals surface area contributed by atoms with Crippen molar-refractivity contribution in [3.8, 4) is 0 Å². The lowest BCUT2D eigenvalue weighted by Crippen LogP contribution is -2.33. The van der Waals surface area contributed by atoms with Crippen LogP contribution >= 0.6 is 31.9 Å². The van der Waals surface area contributed by atoms with Gasteiger partial charge in [0.1, 0.15) is 16.5 Å². The standard InChI is InChI=1S/C24H27Br2F2N5O2S/c1-33(2)23-16-5-3-4-6-19(16)31-24(32-23)29-12-14-7-9-15(10-8-14)13-30-36(34,35)22-20(26)18(27)11-17(25)21(22)28/h3-6,11,14-15,30H,7-10,12-13H2,1-2H3,(H,29,31,32). The van der Waals surface area contributed by atoms with Crippen LogP contribution in [0, 0.1) is 23.5 Å². The van der Waals surface area contributed by atoms with Crippen molar-refractivity contribution < 1.29 is 17.2 Å². The molecule has 36 heavy (non-hydrogen) atoms. The van der Waals surface area contributed by atoms with Crippen molar-refractivity contribution in [1.82, 2.24) is 14.7 Å². The van der Waals surface area contributed by atoms with Crippen LogP contribution in [0.25, 0.3) is 10.9 Å². The van der Waals surface area contributed by atoms with E-state index in [4.69, 9.17) is 0 Å². The Morgan fingerprint density at radius 2 is 1.67 bits per heavy atom. The van der Waals surface area contributed by atoms with Crippen LogP contribution in [0.5, 0.6) is 0 Å². The van der Waals surface area contributed by atoms with Gasteiger partial charge >= 0.3 is 0 Å². The molecule has 1 fully saturated rings. The summed E-state index contributed by atoms with van der Waals surface area (Å²) >= 11 is 5.73. The van der Waals surface area contributed by atoms with Gasteiger partial charge in [-0.1, -0.05) is 12.1 Å². The zero-order valence-electron chi connectivity index (χ0n) is 19.9. The molecule has 3 aromatic rings. The van der Waals surface area contributed by atoms with Crippen molar-refractivity contribution in [2.24, 2.45) is 11.8 Å². The summed E-state index contributed by atoms with van der Waals surface area (Å²) in [4.78, 5) is 10.6. The monoisotopic (exact) mass is 645 g/mol. The summed E-state index contributed by atoms with van der Waals surface area (Å²) in [6.45, 7) is 0.890. The zero-order valence-corrected chi connectivity index (χ0v) is 23.9. The van der Waals surface area contributed by atoms with Crippen molar-refractivity contribution in [3.05, 3.63) is 50.9 Å². The quantitative estimate of drug-likeness (QED) is 0.306. The highest BCUT2D eigenvalue weighted by molar-refractivity contribution is 9.11. The Labute approximate surface area is 226 Å². The average molecular weight is 647 g/mol. The summed E-state index contributed by atoms with van der Waals surface area (Å²) in [6.07, 6.45) is 3.48. The van der Waals surface area contributed by atoms with Gasteiger partial charge in [0.15, 0.2) is 5.82 Å². The molecule has 1 aliphatic carbocycles. The van der Waals surface area contributed by atoms with Crippen LogP contribution in [-0.2, 0) is 10.0 Å². The van der Waals surface area contributed by atoms with E-state index in [1.54, 1.807) is 0 Å². The number of halogens is 4. The third-order valence-corrected chi connectivity index (χ3v) is 9.51. The average Bonchev–Trinajstić information content (AvgIpc) is 2.85. The first-order valence-corrected chi connectivity index (χ1v) is 14.6. The van der Waals surface area contributed by atoms with E-state index in [9.17, 15) is 17.2 Å². The fraction of sp³-hybridized carbons (Fsp3) is 0.417. The van der Waals surface area contributed by atoms with Crippen LogP contribution in [0.3, 0.4) is 0 Å². The molecule has 1 saturated carbocycles. The first-order chi connectivity index (χ1) is 17.1. The fourth-order valence-corrected chi connectivity index (χ4v) is 7.18. The molecule has 0 aliphatic heterocycles. The number of nitrogens with one attached hydrogen (secondary N) is 2. The number of sulfonamides is 1. The number of aromatic nitrogens is 2. The molecule has 0 spiro atoms. The summed E-state index contributed by atoms with van der Waals surface area (Å²) in [5.74, 6) is 0.0749. The normalized spacial score (nSPS) is 18.4. The molecule has 194 valence electrons. The molecule has 0 unspecified atom stereocenters. The van der Waals surface area contributed by atoms with Crippen molar-refractivity contribution >= 4 is 64.6 Å². The Morgan fingerprint density at radius 1 is 1.03 bits per heavy atom. The van der Waals surface area contributed by atoms with E-state index in [0.717, 1.165) is 55.0 Å². The number of anilines is 2. The SMILES string of the molecule is CN(C)c1nc(NCC2CCC(CNS(=O)(=O)c3c(F)c(Br)cc(F)c3Br)CC2)nc2ccccc12. The van der Waals surface area contributed by atoms with Gasteiger partial charge in [0.05, 0.1) is 14.5 Å². The molecule has 0 amide bonds. The van der Waals surface area contributed by atoms with Crippen molar-refractivity contribution in [2.75, 3.05) is 37.4 Å². The minimum Gasteiger partial charge on any atom is -0.362 e. The van der Waals surface area contributed by atoms with E-state index >= 15 is 0 Å². The van der Waals surface area contributed by atoms with Crippen LogP contribution < -0.4 is 14.9 Å². The second-order valence-electron chi connectivity index (χ2n) is 9.20. The number of nitrogens with zero attached hydrogens (tertiary/aromatic N) is 3. The molecule has 0 saturated heterocycles. The Hall–Kier alpha value is -1.89. The lowest BCUT2D eigenvalue weighted by atomic mass is 9.82. The topological polar surface area (TPSA) is 87.2 Å². The Kier molecular flexibility index (Phi) is 8.48. The van der Waals surface area contributed by atoms with Crippen LogP contribution in [0.4, 0.5) is 20.5 Å². The maximum Gasteiger partial charge on any atom is 0.244 e. The molecule has 0 radical (unpaired) electrons.